The van der Waals surface area contributed by atoms with Crippen molar-refractivity contribution in [2.24, 2.45) is 5.41 Å². The van der Waals surface area contributed by atoms with Crippen molar-refractivity contribution in [3.8, 4) is 0 Å². The van der Waals surface area contributed by atoms with Gasteiger partial charge in [0.1, 0.15) is 17.0 Å². The van der Waals surface area contributed by atoms with E-state index < -0.39 is 23.0 Å². The van der Waals surface area contributed by atoms with Crippen molar-refractivity contribution in [1.82, 2.24) is 5.32 Å². The zero-order valence-electron chi connectivity index (χ0n) is 13.0. The summed E-state index contributed by atoms with van der Waals surface area (Å²) in [5.41, 5.74) is -0.486. The van der Waals surface area contributed by atoms with Gasteiger partial charge in [-0.05, 0) is 37.3 Å². The van der Waals surface area contributed by atoms with E-state index in [0.717, 1.165) is 12.8 Å². The van der Waals surface area contributed by atoms with Gasteiger partial charge < -0.3 is 5.32 Å². The monoisotopic (exact) mass is 319 g/mol. The van der Waals surface area contributed by atoms with E-state index in [-0.39, 0.29) is 23.7 Å². The molecular formula is C18H19F2NO2. The molecule has 122 valence electrons. The molecule has 1 N–H and O–H groups in total. The summed E-state index contributed by atoms with van der Waals surface area (Å²) in [5, 5.41) is 2.78. The Morgan fingerprint density at radius 1 is 1.17 bits per heavy atom. The first-order valence-electron chi connectivity index (χ1n) is 7.94. The third-order valence-electron chi connectivity index (χ3n) is 4.96. The summed E-state index contributed by atoms with van der Waals surface area (Å²) in [6.07, 6.45) is 4.57. The van der Waals surface area contributed by atoms with Crippen LogP contribution in [0.2, 0.25) is 0 Å². The van der Waals surface area contributed by atoms with Crippen LogP contribution in [0.5, 0.6) is 0 Å². The predicted molar refractivity (Wildman–Crippen MR) is 81.5 cm³/mol. The predicted octanol–water partition coefficient (Wildman–Crippen LogP) is 3.60. The Bertz CT molecular complexity index is 670. The Kier molecular flexibility index (Phi) is 4.04. The average Bonchev–Trinajstić information content (AvgIpc) is 2.96. The molecule has 1 saturated carbocycles. The highest BCUT2D eigenvalue weighted by molar-refractivity contribution is 6.14. The van der Waals surface area contributed by atoms with Gasteiger partial charge in [-0.25, -0.2) is 8.78 Å². The lowest BCUT2D eigenvalue weighted by Crippen LogP contribution is -2.47. The summed E-state index contributed by atoms with van der Waals surface area (Å²) in [4.78, 5) is 24.8. The number of halogens is 2. The maximum atomic E-state index is 13.8. The van der Waals surface area contributed by atoms with E-state index in [1.165, 1.54) is 24.3 Å². The first kappa shape index (κ1) is 15.8. The van der Waals surface area contributed by atoms with Gasteiger partial charge in [-0.1, -0.05) is 25.8 Å². The Morgan fingerprint density at radius 2 is 1.78 bits per heavy atom. The van der Waals surface area contributed by atoms with Gasteiger partial charge in [-0.3, -0.25) is 9.59 Å². The minimum absolute atomic E-state index is 0.0174. The molecule has 1 aliphatic carbocycles. The van der Waals surface area contributed by atoms with E-state index >= 15 is 0 Å². The molecule has 1 amide bonds. The topological polar surface area (TPSA) is 46.2 Å². The number of benzene rings is 1. The van der Waals surface area contributed by atoms with Gasteiger partial charge in [0.2, 0.25) is 5.91 Å². The van der Waals surface area contributed by atoms with Crippen LogP contribution >= 0.6 is 0 Å². The van der Waals surface area contributed by atoms with Crippen molar-refractivity contribution in [3.05, 3.63) is 47.2 Å². The number of carbonyl (C=O) groups is 2. The molecule has 0 aromatic heterocycles. The summed E-state index contributed by atoms with van der Waals surface area (Å²) >= 11 is 0. The molecule has 2 aliphatic rings. The summed E-state index contributed by atoms with van der Waals surface area (Å²) < 4.78 is 27.7. The molecule has 0 saturated heterocycles. The molecule has 0 bridgehead atoms. The number of nitrogens with one attached hydrogen (secondary N) is 1. The second kappa shape index (κ2) is 5.87. The first-order chi connectivity index (χ1) is 10.9. The zero-order chi connectivity index (χ0) is 16.6. The molecule has 1 aliphatic heterocycles. The van der Waals surface area contributed by atoms with Gasteiger partial charge in [-0.15, -0.1) is 0 Å². The van der Waals surface area contributed by atoms with E-state index in [0.29, 0.717) is 18.5 Å². The van der Waals surface area contributed by atoms with Crippen LogP contribution in [0.1, 0.15) is 50.5 Å². The summed E-state index contributed by atoms with van der Waals surface area (Å²) in [6.45, 7) is 1.68. The highest BCUT2D eigenvalue weighted by Gasteiger charge is 2.48. The van der Waals surface area contributed by atoms with Gasteiger partial charge >= 0.3 is 0 Å². The van der Waals surface area contributed by atoms with Gasteiger partial charge in [0.05, 0.1) is 0 Å². The summed E-state index contributed by atoms with van der Waals surface area (Å²) in [5.74, 6) is -2.14. The lowest BCUT2D eigenvalue weighted by atomic mass is 9.77. The molecule has 1 atom stereocenters. The van der Waals surface area contributed by atoms with E-state index in [2.05, 4.69) is 5.32 Å². The van der Waals surface area contributed by atoms with Crippen molar-refractivity contribution in [2.75, 3.05) is 0 Å². The molecule has 1 aromatic rings. The van der Waals surface area contributed by atoms with Crippen LogP contribution in [0.25, 0.3) is 0 Å². The second-order valence-electron chi connectivity index (χ2n) is 6.52. The number of ketones is 1. The highest BCUT2D eigenvalue weighted by atomic mass is 19.1. The number of hydrogen-bond acceptors (Lipinski definition) is 2. The van der Waals surface area contributed by atoms with Gasteiger partial charge in [-0.2, -0.15) is 0 Å². The first-order valence-corrected chi connectivity index (χ1v) is 7.94. The van der Waals surface area contributed by atoms with Crippen LogP contribution in [0.3, 0.4) is 0 Å². The highest BCUT2D eigenvalue weighted by Crippen LogP contribution is 2.42. The fourth-order valence-corrected chi connectivity index (χ4v) is 3.69. The second-order valence-corrected chi connectivity index (χ2v) is 6.52. The van der Waals surface area contributed by atoms with Crippen molar-refractivity contribution in [1.29, 1.82) is 0 Å². The van der Waals surface area contributed by atoms with Crippen LogP contribution in [-0.4, -0.2) is 11.7 Å². The number of amides is 1. The zero-order valence-corrected chi connectivity index (χ0v) is 13.0. The van der Waals surface area contributed by atoms with E-state index in [1.807, 2.05) is 0 Å². The molecular weight excluding hydrogens is 300 g/mol. The molecule has 1 aromatic carbocycles. The normalized spacial score (nSPS) is 21.3. The molecule has 0 unspecified atom stereocenters. The van der Waals surface area contributed by atoms with Crippen LogP contribution in [0, 0.1) is 17.0 Å². The van der Waals surface area contributed by atoms with E-state index in [1.54, 1.807) is 6.92 Å². The third kappa shape index (κ3) is 2.69. The van der Waals surface area contributed by atoms with Crippen molar-refractivity contribution in [3.63, 3.8) is 0 Å². The Morgan fingerprint density at radius 3 is 2.35 bits per heavy atom. The number of rotatable bonds is 3. The SMILES string of the molecule is C[C@H](CC1=CC(=O)C2(CCCC2)C(=O)N1)c1c(F)cccc1F. The Labute approximate surface area is 133 Å². The molecule has 1 fully saturated rings. The van der Waals surface area contributed by atoms with Gasteiger partial charge in [0, 0.05) is 17.3 Å². The summed E-state index contributed by atoms with van der Waals surface area (Å²) in [7, 11) is 0. The largest absolute Gasteiger partial charge is 0.329 e. The van der Waals surface area contributed by atoms with Crippen LogP contribution < -0.4 is 5.32 Å². The Hall–Kier alpha value is -2.04. The number of carbonyl (C=O) groups excluding carboxylic acids is 2. The Balaban J connectivity index is 1.81. The molecule has 1 spiro atoms. The maximum Gasteiger partial charge on any atom is 0.238 e. The van der Waals surface area contributed by atoms with Crippen LogP contribution in [0.4, 0.5) is 8.78 Å². The number of allylic oxidation sites excluding steroid dienone is 2. The maximum absolute atomic E-state index is 13.8. The molecule has 0 radical (unpaired) electrons. The fourth-order valence-electron chi connectivity index (χ4n) is 3.69. The molecule has 3 rings (SSSR count). The molecule has 3 nitrogen and oxygen atoms in total. The molecule has 1 heterocycles. The lowest BCUT2D eigenvalue weighted by molar-refractivity contribution is -0.140. The van der Waals surface area contributed by atoms with Gasteiger partial charge in [0.25, 0.3) is 0 Å². The summed E-state index contributed by atoms with van der Waals surface area (Å²) in [6, 6.07) is 3.73. The molecule has 5 heteroatoms. The fraction of sp³-hybridized carbons (Fsp3) is 0.444. The molecule has 23 heavy (non-hydrogen) atoms. The van der Waals surface area contributed by atoms with Crippen molar-refractivity contribution < 1.29 is 18.4 Å². The van der Waals surface area contributed by atoms with E-state index in [4.69, 9.17) is 0 Å². The lowest BCUT2D eigenvalue weighted by Gasteiger charge is -2.30. The van der Waals surface area contributed by atoms with Crippen LogP contribution in [0.15, 0.2) is 30.0 Å². The smallest absolute Gasteiger partial charge is 0.238 e. The van der Waals surface area contributed by atoms with Crippen molar-refractivity contribution >= 4 is 11.7 Å². The van der Waals surface area contributed by atoms with Crippen LogP contribution in [-0.2, 0) is 9.59 Å². The standard InChI is InChI=1S/C18H19F2NO2/c1-11(16-13(19)5-4-6-14(16)20)9-12-10-15(22)18(17(23)21-12)7-2-3-8-18/h4-6,10-11H,2-3,7-9H2,1H3,(H,21,23)/t11-/m1/s1. The van der Waals surface area contributed by atoms with E-state index in [9.17, 15) is 18.4 Å². The third-order valence-corrected chi connectivity index (χ3v) is 4.96. The van der Waals surface area contributed by atoms with Crippen molar-refractivity contribution in [2.45, 2.75) is 44.9 Å². The minimum atomic E-state index is -0.907. The van der Waals surface area contributed by atoms with Gasteiger partial charge in [0.15, 0.2) is 5.78 Å². The quantitative estimate of drug-likeness (QED) is 0.865. The average molecular weight is 319 g/mol. The minimum Gasteiger partial charge on any atom is -0.329 e. The number of hydrogen-bond donors (Lipinski definition) is 1.